The van der Waals surface area contributed by atoms with Crippen LogP contribution in [0.2, 0.25) is 0 Å². The van der Waals surface area contributed by atoms with Crippen molar-refractivity contribution in [3.8, 4) is 6.07 Å². The zero-order valence-corrected chi connectivity index (χ0v) is 11.8. The van der Waals surface area contributed by atoms with Crippen molar-refractivity contribution in [1.29, 1.82) is 5.26 Å². The number of nitrogens with zero attached hydrogens (tertiary/aromatic N) is 3. The Morgan fingerprint density at radius 3 is 3.00 bits per heavy atom. The van der Waals surface area contributed by atoms with Gasteiger partial charge in [0.25, 0.3) is 0 Å². The zero-order chi connectivity index (χ0) is 13.7. The zero-order valence-electron chi connectivity index (χ0n) is 11.8. The first kappa shape index (κ1) is 14.0. The van der Waals surface area contributed by atoms with Gasteiger partial charge in [-0.3, -0.25) is 4.90 Å². The summed E-state index contributed by atoms with van der Waals surface area (Å²) in [6.45, 7) is 7.35. The van der Waals surface area contributed by atoms with E-state index in [1.165, 1.54) is 0 Å². The molecule has 0 aliphatic carbocycles. The number of pyridine rings is 1. The number of rotatable bonds is 4. The fourth-order valence-corrected chi connectivity index (χ4v) is 2.68. The summed E-state index contributed by atoms with van der Waals surface area (Å²) in [5.41, 5.74) is 1.60. The molecule has 0 radical (unpaired) electrons. The maximum absolute atomic E-state index is 9.13. The lowest BCUT2D eigenvalue weighted by Gasteiger charge is -2.40. The third-order valence-electron chi connectivity index (χ3n) is 3.95. The number of piperazine rings is 1. The largest absolute Gasteiger partial charge is 0.311 e. The lowest BCUT2D eigenvalue weighted by molar-refractivity contribution is 0.117. The van der Waals surface area contributed by atoms with Crippen LogP contribution in [-0.4, -0.2) is 35.1 Å². The number of nitriles is 1. The van der Waals surface area contributed by atoms with Crippen molar-refractivity contribution < 1.29 is 0 Å². The molecule has 4 nitrogen and oxygen atoms in total. The first-order chi connectivity index (χ1) is 9.28. The summed E-state index contributed by atoms with van der Waals surface area (Å²) in [6, 6.07) is 7.23. The Bertz CT molecular complexity index is 452. The van der Waals surface area contributed by atoms with Gasteiger partial charge in [-0.25, -0.2) is 4.98 Å². The predicted octanol–water partition coefficient (Wildman–Crippen LogP) is 1.92. The van der Waals surface area contributed by atoms with E-state index in [2.05, 4.69) is 35.1 Å². The standard InChI is InChI=1S/C15H22N4/c1-3-13-11-19(14(4-2)9-18-13)10-12-6-5-7-17-15(12)8-16/h5-7,13-14,18H,3-4,9-11H2,1-2H3. The van der Waals surface area contributed by atoms with E-state index in [4.69, 9.17) is 5.26 Å². The van der Waals surface area contributed by atoms with Gasteiger partial charge < -0.3 is 5.32 Å². The first-order valence-electron chi connectivity index (χ1n) is 7.09. The van der Waals surface area contributed by atoms with E-state index in [-0.39, 0.29) is 0 Å². The molecule has 0 bridgehead atoms. The van der Waals surface area contributed by atoms with Crippen molar-refractivity contribution in [2.24, 2.45) is 0 Å². The number of aromatic nitrogens is 1. The first-order valence-corrected chi connectivity index (χ1v) is 7.09. The summed E-state index contributed by atoms with van der Waals surface area (Å²) in [4.78, 5) is 6.64. The Morgan fingerprint density at radius 2 is 2.32 bits per heavy atom. The molecule has 1 aromatic heterocycles. The molecule has 0 spiro atoms. The van der Waals surface area contributed by atoms with Crippen LogP contribution in [0.15, 0.2) is 18.3 Å². The summed E-state index contributed by atoms with van der Waals surface area (Å²) in [5, 5.41) is 12.7. The monoisotopic (exact) mass is 258 g/mol. The molecule has 0 aromatic carbocycles. The molecular formula is C15H22N4. The normalized spacial score (nSPS) is 24.1. The topological polar surface area (TPSA) is 52.0 Å². The molecule has 1 aliphatic heterocycles. The number of nitrogens with one attached hydrogen (secondary N) is 1. The third kappa shape index (κ3) is 3.31. The van der Waals surface area contributed by atoms with Crippen LogP contribution in [0.3, 0.4) is 0 Å². The van der Waals surface area contributed by atoms with Gasteiger partial charge in [0.05, 0.1) is 0 Å². The minimum atomic E-state index is 0.551. The minimum absolute atomic E-state index is 0.551. The van der Waals surface area contributed by atoms with Gasteiger partial charge in [-0.1, -0.05) is 19.9 Å². The highest BCUT2D eigenvalue weighted by molar-refractivity contribution is 5.30. The summed E-state index contributed by atoms with van der Waals surface area (Å²) < 4.78 is 0. The van der Waals surface area contributed by atoms with Gasteiger partial charge >= 0.3 is 0 Å². The van der Waals surface area contributed by atoms with Crippen LogP contribution >= 0.6 is 0 Å². The molecule has 1 aliphatic rings. The van der Waals surface area contributed by atoms with Crippen molar-refractivity contribution in [2.45, 2.75) is 45.3 Å². The van der Waals surface area contributed by atoms with Crippen molar-refractivity contribution in [3.05, 3.63) is 29.6 Å². The molecule has 1 saturated heterocycles. The lowest BCUT2D eigenvalue weighted by atomic mass is 10.0. The summed E-state index contributed by atoms with van der Waals surface area (Å²) in [7, 11) is 0. The summed E-state index contributed by atoms with van der Waals surface area (Å²) in [5.74, 6) is 0. The Kier molecular flexibility index (Phi) is 4.89. The second-order valence-electron chi connectivity index (χ2n) is 5.13. The second-order valence-corrected chi connectivity index (χ2v) is 5.13. The van der Waals surface area contributed by atoms with E-state index in [0.29, 0.717) is 17.8 Å². The van der Waals surface area contributed by atoms with Crippen molar-refractivity contribution in [2.75, 3.05) is 13.1 Å². The predicted molar refractivity (Wildman–Crippen MR) is 75.5 cm³/mol. The van der Waals surface area contributed by atoms with E-state index in [9.17, 15) is 0 Å². The fourth-order valence-electron chi connectivity index (χ4n) is 2.68. The quantitative estimate of drug-likeness (QED) is 0.896. The maximum Gasteiger partial charge on any atom is 0.144 e. The van der Waals surface area contributed by atoms with Crippen LogP contribution < -0.4 is 5.32 Å². The molecule has 19 heavy (non-hydrogen) atoms. The van der Waals surface area contributed by atoms with Gasteiger partial charge in [0.15, 0.2) is 0 Å². The molecule has 2 unspecified atom stereocenters. The molecule has 1 aromatic rings. The van der Waals surface area contributed by atoms with Crippen molar-refractivity contribution in [3.63, 3.8) is 0 Å². The van der Waals surface area contributed by atoms with E-state index in [0.717, 1.165) is 38.0 Å². The molecule has 2 atom stereocenters. The molecule has 1 fully saturated rings. The van der Waals surface area contributed by atoms with Crippen LogP contribution in [0.1, 0.15) is 37.9 Å². The van der Waals surface area contributed by atoms with Gasteiger partial charge in [0.1, 0.15) is 11.8 Å². The molecule has 0 saturated carbocycles. The molecule has 0 amide bonds. The highest BCUT2D eigenvalue weighted by atomic mass is 15.2. The summed E-state index contributed by atoms with van der Waals surface area (Å²) in [6.07, 6.45) is 3.96. The highest BCUT2D eigenvalue weighted by Gasteiger charge is 2.26. The van der Waals surface area contributed by atoms with Crippen molar-refractivity contribution >= 4 is 0 Å². The average molecular weight is 258 g/mol. The van der Waals surface area contributed by atoms with E-state index in [1.54, 1.807) is 6.20 Å². The van der Waals surface area contributed by atoms with Gasteiger partial charge in [0, 0.05) is 43.5 Å². The molecule has 2 rings (SSSR count). The van der Waals surface area contributed by atoms with Crippen LogP contribution in [0.4, 0.5) is 0 Å². The van der Waals surface area contributed by atoms with Crippen LogP contribution in [0.25, 0.3) is 0 Å². The third-order valence-corrected chi connectivity index (χ3v) is 3.95. The molecule has 2 heterocycles. The minimum Gasteiger partial charge on any atom is -0.311 e. The van der Waals surface area contributed by atoms with Gasteiger partial charge in [-0.15, -0.1) is 0 Å². The smallest absolute Gasteiger partial charge is 0.144 e. The average Bonchev–Trinajstić information content (AvgIpc) is 2.47. The van der Waals surface area contributed by atoms with Crippen LogP contribution in [0.5, 0.6) is 0 Å². The van der Waals surface area contributed by atoms with Crippen molar-refractivity contribution in [1.82, 2.24) is 15.2 Å². The SMILES string of the molecule is CCC1CN(Cc2cccnc2C#N)C(CC)CN1. The number of hydrogen-bond donors (Lipinski definition) is 1. The van der Waals surface area contributed by atoms with Gasteiger partial charge in [-0.2, -0.15) is 5.26 Å². The van der Waals surface area contributed by atoms with Gasteiger partial charge in [-0.05, 0) is 18.9 Å². The number of hydrogen-bond acceptors (Lipinski definition) is 4. The fraction of sp³-hybridized carbons (Fsp3) is 0.600. The summed E-state index contributed by atoms with van der Waals surface area (Å²) >= 11 is 0. The lowest BCUT2D eigenvalue weighted by Crippen LogP contribution is -2.55. The molecule has 1 N–H and O–H groups in total. The Balaban J connectivity index is 2.12. The maximum atomic E-state index is 9.13. The van der Waals surface area contributed by atoms with E-state index in [1.807, 2.05) is 12.1 Å². The Morgan fingerprint density at radius 1 is 1.47 bits per heavy atom. The van der Waals surface area contributed by atoms with E-state index < -0.39 is 0 Å². The van der Waals surface area contributed by atoms with Crippen LogP contribution in [-0.2, 0) is 6.54 Å². The second kappa shape index (κ2) is 6.65. The van der Waals surface area contributed by atoms with E-state index >= 15 is 0 Å². The molecule has 4 heteroatoms. The molecular weight excluding hydrogens is 236 g/mol. The highest BCUT2D eigenvalue weighted by Crippen LogP contribution is 2.17. The van der Waals surface area contributed by atoms with Crippen LogP contribution in [0, 0.1) is 11.3 Å². The Labute approximate surface area is 115 Å². The molecule has 102 valence electrons. The van der Waals surface area contributed by atoms with Gasteiger partial charge in [0.2, 0.25) is 0 Å². The Hall–Kier alpha value is -1.44.